The van der Waals surface area contributed by atoms with Gasteiger partial charge in [0.2, 0.25) is 0 Å². The standard InChI is InChI=1S/C18H17N3O2S/c1-3-14-11(2)19-17(15-5-4-10-24-15)21-16(14)20-13-8-6-12(7-9-13)18(22)23/h4-10H,3H2,1-2H3,(H,22,23)(H,19,20,21). The second-order valence-corrected chi connectivity index (χ2v) is 6.25. The molecule has 3 rings (SSSR count). The summed E-state index contributed by atoms with van der Waals surface area (Å²) in [5, 5.41) is 14.3. The Bertz CT molecular complexity index is 859. The van der Waals surface area contributed by atoms with Crippen LogP contribution in [0.15, 0.2) is 41.8 Å². The monoisotopic (exact) mass is 339 g/mol. The van der Waals surface area contributed by atoms with Gasteiger partial charge < -0.3 is 10.4 Å². The van der Waals surface area contributed by atoms with Crippen LogP contribution in [0.25, 0.3) is 10.7 Å². The van der Waals surface area contributed by atoms with Gasteiger partial charge in [-0.25, -0.2) is 14.8 Å². The van der Waals surface area contributed by atoms with Crippen LogP contribution in [0.2, 0.25) is 0 Å². The maximum atomic E-state index is 11.0. The first-order valence-corrected chi connectivity index (χ1v) is 8.48. The van der Waals surface area contributed by atoms with E-state index in [1.165, 1.54) is 0 Å². The molecule has 0 spiro atoms. The summed E-state index contributed by atoms with van der Waals surface area (Å²) in [5.74, 6) is 0.523. The number of thiophene rings is 1. The number of aromatic nitrogens is 2. The molecule has 5 nitrogen and oxygen atoms in total. The predicted molar refractivity (Wildman–Crippen MR) is 96.1 cm³/mol. The maximum absolute atomic E-state index is 11.0. The van der Waals surface area contributed by atoms with E-state index in [1.807, 2.05) is 24.4 Å². The molecule has 0 aliphatic carbocycles. The number of carboxylic acid groups (broad SMARTS) is 1. The SMILES string of the molecule is CCc1c(C)nc(-c2cccs2)nc1Nc1ccc(C(=O)O)cc1. The van der Waals surface area contributed by atoms with E-state index in [4.69, 9.17) is 5.11 Å². The number of benzene rings is 1. The molecule has 0 atom stereocenters. The third-order valence-corrected chi connectivity index (χ3v) is 4.57. The molecule has 0 amide bonds. The average molecular weight is 339 g/mol. The van der Waals surface area contributed by atoms with Gasteiger partial charge in [0.15, 0.2) is 5.82 Å². The van der Waals surface area contributed by atoms with Crippen LogP contribution in [0, 0.1) is 6.92 Å². The Balaban J connectivity index is 1.98. The summed E-state index contributed by atoms with van der Waals surface area (Å²) in [4.78, 5) is 21.2. The maximum Gasteiger partial charge on any atom is 0.335 e. The molecule has 2 heterocycles. The summed E-state index contributed by atoms with van der Waals surface area (Å²) in [6, 6.07) is 10.6. The van der Waals surface area contributed by atoms with Gasteiger partial charge in [0.1, 0.15) is 5.82 Å². The first-order chi connectivity index (χ1) is 11.6. The molecule has 0 aliphatic heterocycles. The molecule has 0 saturated carbocycles. The Hall–Kier alpha value is -2.73. The van der Waals surface area contributed by atoms with Crippen molar-refractivity contribution in [2.24, 2.45) is 0 Å². The van der Waals surface area contributed by atoms with Crippen molar-refractivity contribution >= 4 is 28.8 Å². The van der Waals surface area contributed by atoms with E-state index in [0.29, 0.717) is 5.82 Å². The van der Waals surface area contributed by atoms with Crippen molar-refractivity contribution in [3.8, 4) is 10.7 Å². The minimum atomic E-state index is -0.936. The quantitative estimate of drug-likeness (QED) is 0.715. The Morgan fingerprint density at radius 1 is 1.21 bits per heavy atom. The van der Waals surface area contributed by atoms with Crippen LogP contribution in [0.5, 0.6) is 0 Å². The third-order valence-electron chi connectivity index (χ3n) is 3.70. The second kappa shape index (κ2) is 6.80. The fourth-order valence-electron chi connectivity index (χ4n) is 2.47. The van der Waals surface area contributed by atoms with Gasteiger partial charge in [0.05, 0.1) is 10.4 Å². The van der Waals surface area contributed by atoms with Crippen molar-refractivity contribution in [3.05, 3.63) is 58.6 Å². The highest BCUT2D eigenvalue weighted by Gasteiger charge is 2.13. The molecule has 1 aromatic carbocycles. The van der Waals surface area contributed by atoms with Crippen LogP contribution in [0.1, 0.15) is 28.5 Å². The number of hydrogen-bond acceptors (Lipinski definition) is 5. The molecule has 0 bridgehead atoms. The molecule has 0 fully saturated rings. The van der Waals surface area contributed by atoms with Crippen molar-refractivity contribution in [1.29, 1.82) is 0 Å². The zero-order chi connectivity index (χ0) is 17.1. The lowest BCUT2D eigenvalue weighted by Gasteiger charge is -2.13. The van der Waals surface area contributed by atoms with Gasteiger partial charge in [0, 0.05) is 16.9 Å². The number of aromatic carboxylic acids is 1. The van der Waals surface area contributed by atoms with Gasteiger partial charge >= 0.3 is 5.97 Å². The number of rotatable bonds is 5. The predicted octanol–water partition coefficient (Wildman–Crippen LogP) is 4.52. The van der Waals surface area contributed by atoms with E-state index >= 15 is 0 Å². The lowest BCUT2D eigenvalue weighted by molar-refractivity contribution is 0.0697. The Morgan fingerprint density at radius 3 is 2.54 bits per heavy atom. The number of carbonyl (C=O) groups is 1. The minimum absolute atomic E-state index is 0.259. The van der Waals surface area contributed by atoms with E-state index in [9.17, 15) is 4.79 Å². The molecule has 24 heavy (non-hydrogen) atoms. The van der Waals surface area contributed by atoms with Gasteiger partial charge in [-0.05, 0) is 49.1 Å². The summed E-state index contributed by atoms with van der Waals surface area (Å²) in [5.41, 5.74) is 3.05. The molecule has 0 unspecified atom stereocenters. The topological polar surface area (TPSA) is 75.1 Å². The summed E-state index contributed by atoms with van der Waals surface area (Å²) in [6.07, 6.45) is 0.812. The molecule has 0 radical (unpaired) electrons. The highest BCUT2D eigenvalue weighted by atomic mass is 32.1. The normalized spacial score (nSPS) is 10.6. The van der Waals surface area contributed by atoms with Gasteiger partial charge in [0.25, 0.3) is 0 Å². The van der Waals surface area contributed by atoms with E-state index in [1.54, 1.807) is 35.6 Å². The molecule has 2 aromatic heterocycles. The van der Waals surface area contributed by atoms with E-state index in [-0.39, 0.29) is 5.56 Å². The molecule has 0 aliphatic rings. The zero-order valence-corrected chi connectivity index (χ0v) is 14.2. The van der Waals surface area contributed by atoms with Gasteiger partial charge in [-0.2, -0.15) is 0 Å². The zero-order valence-electron chi connectivity index (χ0n) is 13.4. The first-order valence-electron chi connectivity index (χ1n) is 7.60. The molecule has 0 saturated heterocycles. The number of carboxylic acids is 1. The number of nitrogens with one attached hydrogen (secondary N) is 1. The van der Waals surface area contributed by atoms with E-state index in [0.717, 1.165) is 34.1 Å². The number of hydrogen-bond donors (Lipinski definition) is 2. The van der Waals surface area contributed by atoms with Crippen molar-refractivity contribution in [2.75, 3.05) is 5.32 Å². The fraction of sp³-hybridized carbons (Fsp3) is 0.167. The van der Waals surface area contributed by atoms with Crippen molar-refractivity contribution in [3.63, 3.8) is 0 Å². The largest absolute Gasteiger partial charge is 0.478 e. The van der Waals surface area contributed by atoms with Crippen LogP contribution in [0.4, 0.5) is 11.5 Å². The van der Waals surface area contributed by atoms with Gasteiger partial charge in [-0.1, -0.05) is 13.0 Å². The molecule has 6 heteroatoms. The van der Waals surface area contributed by atoms with E-state index < -0.39 is 5.97 Å². The highest BCUT2D eigenvalue weighted by molar-refractivity contribution is 7.13. The second-order valence-electron chi connectivity index (χ2n) is 5.30. The number of nitrogens with zero attached hydrogens (tertiary/aromatic N) is 2. The highest BCUT2D eigenvalue weighted by Crippen LogP contribution is 2.27. The van der Waals surface area contributed by atoms with Gasteiger partial charge in [-0.3, -0.25) is 0 Å². The van der Waals surface area contributed by atoms with Crippen molar-refractivity contribution in [1.82, 2.24) is 9.97 Å². The Labute approximate surface area is 144 Å². The smallest absolute Gasteiger partial charge is 0.335 e. The lowest BCUT2D eigenvalue weighted by atomic mass is 10.1. The average Bonchev–Trinajstić information content (AvgIpc) is 3.09. The lowest BCUT2D eigenvalue weighted by Crippen LogP contribution is -2.05. The Kier molecular flexibility index (Phi) is 4.57. The Morgan fingerprint density at radius 2 is 1.96 bits per heavy atom. The summed E-state index contributed by atoms with van der Waals surface area (Å²) in [7, 11) is 0. The van der Waals surface area contributed by atoms with Crippen LogP contribution in [-0.4, -0.2) is 21.0 Å². The van der Waals surface area contributed by atoms with Gasteiger partial charge in [-0.15, -0.1) is 11.3 Å². The number of aryl methyl sites for hydroxylation is 1. The van der Waals surface area contributed by atoms with Crippen molar-refractivity contribution in [2.45, 2.75) is 20.3 Å². The van der Waals surface area contributed by atoms with Crippen LogP contribution in [-0.2, 0) is 6.42 Å². The summed E-state index contributed by atoms with van der Waals surface area (Å²) < 4.78 is 0. The van der Waals surface area contributed by atoms with Crippen LogP contribution in [0.3, 0.4) is 0 Å². The summed E-state index contributed by atoms with van der Waals surface area (Å²) >= 11 is 1.60. The minimum Gasteiger partial charge on any atom is -0.478 e. The molecule has 3 aromatic rings. The molecular weight excluding hydrogens is 322 g/mol. The van der Waals surface area contributed by atoms with Crippen LogP contribution < -0.4 is 5.32 Å². The number of anilines is 2. The third kappa shape index (κ3) is 3.28. The van der Waals surface area contributed by atoms with Crippen LogP contribution >= 0.6 is 11.3 Å². The molecule has 122 valence electrons. The van der Waals surface area contributed by atoms with Crippen molar-refractivity contribution < 1.29 is 9.90 Å². The first kappa shape index (κ1) is 16.1. The van der Waals surface area contributed by atoms with E-state index in [2.05, 4.69) is 22.2 Å². The summed E-state index contributed by atoms with van der Waals surface area (Å²) in [6.45, 7) is 4.05. The molecular formula is C18H17N3O2S. The molecule has 2 N–H and O–H groups in total. The fourth-order valence-corrected chi connectivity index (χ4v) is 3.13.